The molecule has 5 aromatic rings. The Bertz CT molecular complexity index is 1450. The van der Waals surface area contributed by atoms with Crippen LogP contribution in [0.1, 0.15) is 5.56 Å². The van der Waals surface area contributed by atoms with E-state index >= 15 is 0 Å². The molecule has 0 saturated heterocycles. The number of hydrogen-bond acceptors (Lipinski definition) is 4. The van der Waals surface area contributed by atoms with Gasteiger partial charge >= 0.3 is 7.60 Å². The molecule has 160 valence electrons. The first-order chi connectivity index (χ1) is 15.4. The second-order valence-electron chi connectivity index (χ2n) is 7.48. The van der Waals surface area contributed by atoms with Crippen molar-refractivity contribution in [1.82, 2.24) is 9.55 Å². The molecule has 8 heteroatoms. The molecule has 0 fully saturated rings. The number of para-hydroxylation sites is 1. The molecule has 4 N–H and O–H groups in total. The van der Waals surface area contributed by atoms with Crippen LogP contribution in [0.3, 0.4) is 0 Å². The number of rotatable bonds is 5. The van der Waals surface area contributed by atoms with Gasteiger partial charge in [0.2, 0.25) is 0 Å². The van der Waals surface area contributed by atoms with Crippen LogP contribution >= 0.6 is 7.60 Å². The number of furan rings is 1. The predicted molar refractivity (Wildman–Crippen MR) is 125 cm³/mol. The van der Waals surface area contributed by atoms with Crippen molar-refractivity contribution in [3.8, 4) is 22.7 Å². The normalized spacial score (nSPS) is 11.8. The lowest BCUT2D eigenvalue weighted by molar-refractivity contribution is 0.387. The van der Waals surface area contributed by atoms with Gasteiger partial charge in [0.1, 0.15) is 10.8 Å². The zero-order valence-corrected chi connectivity index (χ0v) is 17.8. The molecular formula is C24H20N3O4P. The summed E-state index contributed by atoms with van der Waals surface area (Å²) in [6.07, 6.45) is 1.26. The van der Waals surface area contributed by atoms with Crippen molar-refractivity contribution in [2.24, 2.45) is 0 Å². The fourth-order valence-corrected chi connectivity index (χ4v) is 4.49. The average molecular weight is 445 g/mol. The number of imidazole rings is 1. The third-order valence-electron chi connectivity index (χ3n) is 5.37. The molecule has 2 aromatic heterocycles. The highest BCUT2D eigenvalue weighted by molar-refractivity contribution is 7.60. The van der Waals surface area contributed by atoms with E-state index in [4.69, 9.17) is 10.2 Å². The van der Waals surface area contributed by atoms with Crippen LogP contribution < -0.4 is 11.0 Å². The van der Waals surface area contributed by atoms with E-state index in [2.05, 4.69) is 17.1 Å². The van der Waals surface area contributed by atoms with E-state index in [1.807, 2.05) is 59.2 Å². The molecule has 0 bridgehead atoms. The summed E-state index contributed by atoms with van der Waals surface area (Å²) in [7, 11) is -4.55. The lowest BCUT2D eigenvalue weighted by Crippen LogP contribution is -2.09. The van der Waals surface area contributed by atoms with Gasteiger partial charge in [-0.15, -0.1) is 0 Å². The van der Waals surface area contributed by atoms with Crippen molar-refractivity contribution < 1.29 is 18.8 Å². The maximum Gasteiger partial charge on any atom is 0.360 e. The number of benzene rings is 3. The van der Waals surface area contributed by atoms with Gasteiger partial charge < -0.3 is 24.5 Å². The zero-order valence-electron chi connectivity index (χ0n) is 16.9. The maximum atomic E-state index is 12.0. The predicted octanol–water partition coefficient (Wildman–Crippen LogP) is 4.40. The Morgan fingerprint density at radius 2 is 1.62 bits per heavy atom. The summed E-state index contributed by atoms with van der Waals surface area (Å²) < 4.78 is 19.3. The van der Waals surface area contributed by atoms with Crippen molar-refractivity contribution in [3.05, 3.63) is 90.7 Å². The molecule has 5 rings (SSSR count). The molecule has 3 aromatic carbocycles. The van der Waals surface area contributed by atoms with Gasteiger partial charge in [-0.3, -0.25) is 4.57 Å². The Hall–Kier alpha value is -3.64. The first-order valence-corrected chi connectivity index (χ1v) is 11.6. The number of nitrogen functional groups attached to an aromatic ring is 1. The Balaban J connectivity index is 1.61. The largest absolute Gasteiger partial charge is 0.460 e. The van der Waals surface area contributed by atoms with Crippen molar-refractivity contribution in [3.63, 3.8) is 0 Å². The van der Waals surface area contributed by atoms with Crippen LogP contribution in [0, 0.1) is 0 Å². The molecular weight excluding hydrogens is 425 g/mol. The van der Waals surface area contributed by atoms with E-state index in [0.29, 0.717) is 23.6 Å². The quantitative estimate of drug-likeness (QED) is 0.273. The third-order valence-corrected chi connectivity index (χ3v) is 6.35. The molecule has 0 spiro atoms. The van der Waals surface area contributed by atoms with E-state index in [1.54, 1.807) is 6.07 Å². The molecule has 2 heterocycles. The summed E-state index contributed by atoms with van der Waals surface area (Å²) in [4.78, 5) is 24.1. The second-order valence-corrected chi connectivity index (χ2v) is 9.05. The number of nitrogens with zero attached hydrogens (tertiary/aromatic N) is 2. The summed E-state index contributed by atoms with van der Waals surface area (Å²) in [6, 6.07) is 24.9. The van der Waals surface area contributed by atoms with Crippen LogP contribution in [0.25, 0.3) is 33.7 Å². The van der Waals surface area contributed by atoms with Crippen LogP contribution in [0.5, 0.6) is 0 Å². The highest BCUT2D eigenvalue weighted by atomic mass is 31.2. The molecule has 0 amide bonds. The van der Waals surface area contributed by atoms with Crippen LogP contribution in [0.2, 0.25) is 0 Å². The minimum absolute atomic E-state index is 0.0369. The third kappa shape index (κ3) is 3.63. The molecule has 32 heavy (non-hydrogen) atoms. The van der Waals surface area contributed by atoms with Gasteiger partial charge in [0.05, 0.1) is 17.5 Å². The van der Waals surface area contributed by atoms with E-state index in [9.17, 15) is 14.4 Å². The maximum absolute atomic E-state index is 12.0. The van der Waals surface area contributed by atoms with Crippen molar-refractivity contribution in [1.29, 1.82) is 0 Å². The molecule has 0 aliphatic carbocycles. The Kier molecular flexibility index (Phi) is 4.94. The summed E-state index contributed by atoms with van der Waals surface area (Å²) >= 11 is 0. The Morgan fingerprint density at radius 3 is 2.34 bits per heavy atom. The van der Waals surface area contributed by atoms with Gasteiger partial charge in [0, 0.05) is 6.54 Å². The van der Waals surface area contributed by atoms with E-state index in [0.717, 1.165) is 22.2 Å². The number of aromatic nitrogens is 2. The number of anilines is 1. The first kappa shape index (κ1) is 20.3. The summed E-state index contributed by atoms with van der Waals surface area (Å²) in [6.45, 7) is 0.422. The van der Waals surface area contributed by atoms with Crippen molar-refractivity contribution in [2.75, 3.05) is 5.73 Å². The minimum atomic E-state index is -4.55. The molecule has 0 aliphatic rings. The molecule has 0 radical (unpaired) electrons. The second kappa shape index (κ2) is 7.80. The molecule has 0 unspecified atom stereocenters. The molecule has 0 atom stereocenters. The van der Waals surface area contributed by atoms with Gasteiger partial charge in [-0.1, -0.05) is 60.7 Å². The van der Waals surface area contributed by atoms with E-state index < -0.39 is 7.60 Å². The van der Waals surface area contributed by atoms with Crippen LogP contribution in [-0.4, -0.2) is 19.3 Å². The van der Waals surface area contributed by atoms with Gasteiger partial charge in [0.15, 0.2) is 11.6 Å². The summed E-state index contributed by atoms with van der Waals surface area (Å²) in [5.74, 6) is 0.350. The monoisotopic (exact) mass is 445 g/mol. The fraction of sp³-hybridized carbons (Fsp3) is 0.0417. The Morgan fingerprint density at radius 1 is 0.906 bits per heavy atom. The van der Waals surface area contributed by atoms with E-state index in [1.165, 1.54) is 12.3 Å². The topological polar surface area (TPSA) is 115 Å². The standard InChI is InChI=1S/C24H20N3O4P/c25-19-7-4-8-20-22(19)26-24(23-21(13-14-31-23)32(28,29)30)27(20)15-16-9-11-18(12-10-16)17-5-2-1-3-6-17/h1-14H,15,25H2,(H2,28,29,30). The first-order valence-electron chi connectivity index (χ1n) is 9.95. The Labute approximate surface area is 183 Å². The summed E-state index contributed by atoms with van der Waals surface area (Å²) in [5.41, 5.74) is 11.1. The van der Waals surface area contributed by atoms with Crippen LogP contribution in [0.15, 0.2) is 89.5 Å². The summed E-state index contributed by atoms with van der Waals surface area (Å²) in [5, 5.41) is -0.202. The highest BCUT2D eigenvalue weighted by Crippen LogP contribution is 2.39. The van der Waals surface area contributed by atoms with Crippen LogP contribution in [0.4, 0.5) is 5.69 Å². The smallest absolute Gasteiger partial charge is 0.360 e. The van der Waals surface area contributed by atoms with Gasteiger partial charge in [-0.25, -0.2) is 4.98 Å². The van der Waals surface area contributed by atoms with Gasteiger partial charge in [0.25, 0.3) is 0 Å². The minimum Gasteiger partial charge on any atom is -0.460 e. The zero-order chi connectivity index (χ0) is 22.3. The average Bonchev–Trinajstić information content (AvgIpc) is 3.41. The lowest BCUT2D eigenvalue weighted by atomic mass is 10.0. The highest BCUT2D eigenvalue weighted by Gasteiger charge is 2.29. The van der Waals surface area contributed by atoms with Crippen molar-refractivity contribution >= 4 is 29.6 Å². The van der Waals surface area contributed by atoms with Gasteiger partial charge in [-0.05, 0) is 34.9 Å². The number of nitrogens with two attached hydrogens (primary N) is 1. The van der Waals surface area contributed by atoms with Crippen molar-refractivity contribution in [2.45, 2.75) is 6.54 Å². The van der Waals surface area contributed by atoms with Crippen LogP contribution in [-0.2, 0) is 11.1 Å². The number of hydrogen-bond donors (Lipinski definition) is 3. The molecule has 0 aliphatic heterocycles. The number of fused-ring (bicyclic) bond motifs is 1. The SMILES string of the molecule is Nc1cccc2c1nc(-c1occc1P(=O)(O)O)n2Cc1ccc(-c2ccccc2)cc1. The lowest BCUT2D eigenvalue weighted by Gasteiger charge is -2.11. The fourth-order valence-electron chi connectivity index (χ4n) is 3.82. The molecule has 7 nitrogen and oxygen atoms in total. The molecule has 0 saturated carbocycles. The van der Waals surface area contributed by atoms with E-state index in [-0.39, 0.29) is 11.1 Å². The van der Waals surface area contributed by atoms with Gasteiger partial charge in [-0.2, -0.15) is 0 Å².